The SMILES string of the molecule is c1cnc2[nH]cc(CNc3ccc4cn[nH]c4c3)c2c1. The van der Waals surface area contributed by atoms with Gasteiger partial charge in [0.2, 0.25) is 0 Å². The van der Waals surface area contributed by atoms with Gasteiger partial charge in [-0.05, 0) is 35.9 Å². The zero-order valence-electron chi connectivity index (χ0n) is 10.7. The second kappa shape index (κ2) is 4.38. The average molecular weight is 263 g/mol. The molecule has 0 unspecified atom stereocenters. The van der Waals surface area contributed by atoms with E-state index in [1.165, 1.54) is 5.56 Å². The highest BCUT2D eigenvalue weighted by molar-refractivity contribution is 5.82. The molecular formula is C15H13N5. The third kappa shape index (κ3) is 1.80. The summed E-state index contributed by atoms with van der Waals surface area (Å²) in [7, 11) is 0. The predicted molar refractivity (Wildman–Crippen MR) is 79.5 cm³/mol. The number of nitrogens with zero attached hydrogens (tertiary/aromatic N) is 2. The van der Waals surface area contributed by atoms with E-state index in [1.807, 2.05) is 18.5 Å². The highest BCUT2D eigenvalue weighted by atomic mass is 15.1. The molecule has 98 valence electrons. The van der Waals surface area contributed by atoms with Crippen LogP contribution in [0.5, 0.6) is 0 Å². The molecule has 3 N–H and O–H groups in total. The van der Waals surface area contributed by atoms with Crippen molar-refractivity contribution >= 4 is 27.6 Å². The first-order valence-electron chi connectivity index (χ1n) is 6.48. The maximum Gasteiger partial charge on any atom is 0.137 e. The van der Waals surface area contributed by atoms with Gasteiger partial charge in [-0.2, -0.15) is 5.10 Å². The number of benzene rings is 1. The van der Waals surface area contributed by atoms with E-state index in [2.05, 4.69) is 49.7 Å². The summed E-state index contributed by atoms with van der Waals surface area (Å²) in [5, 5.41) is 12.7. The number of pyridine rings is 1. The van der Waals surface area contributed by atoms with Crippen molar-refractivity contribution in [1.29, 1.82) is 0 Å². The molecule has 0 spiro atoms. The molecule has 0 amide bonds. The second-order valence-electron chi connectivity index (χ2n) is 4.74. The third-order valence-electron chi connectivity index (χ3n) is 3.46. The highest BCUT2D eigenvalue weighted by Crippen LogP contribution is 2.20. The van der Waals surface area contributed by atoms with Gasteiger partial charge in [0.25, 0.3) is 0 Å². The number of aromatic nitrogens is 4. The van der Waals surface area contributed by atoms with E-state index in [-0.39, 0.29) is 0 Å². The van der Waals surface area contributed by atoms with Crippen LogP contribution in [0.4, 0.5) is 5.69 Å². The first-order chi connectivity index (χ1) is 9.90. The van der Waals surface area contributed by atoms with Crippen LogP contribution >= 0.6 is 0 Å². The van der Waals surface area contributed by atoms with Crippen molar-refractivity contribution in [3.05, 3.63) is 54.5 Å². The van der Waals surface area contributed by atoms with E-state index in [1.54, 1.807) is 6.20 Å². The van der Waals surface area contributed by atoms with Gasteiger partial charge in [0, 0.05) is 35.4 Å². The number of H-pyrrole nitrogens is 2. The predicted octanol–water partition coefficient (Wildman–Crippen LogP) is 3.05. The van der Waals surface area contributed by atoms with E-state index in [4.69, 9.17) is 0 Å². The molecule has 0 saturated carbocycles. The van der Waals surface area contributed by atoms with Crippen LogP contribution in [0.25, 0.3) is 21.9 Å². The second-order valence-corrected chi connectivity index (χ2v) is 4.74. The zero-order valence-corrected chi connectivity index (χ0v) is 10.7. The Kier molecular flexibility index (Phi) is 2.42. The standard InChI is InChI=1S/C15H13N5/c1-2-13-11(8-18-15(13)16-5-1)7-17-12-4-3-10-9-19-20-14(10)6-12/h1-6,8-9,17H,7H2,(H,16,18)(H,19,20). The molecule has 0 atom stereocenters. The van der Waals surface area contributed by atoms with Crippen LogP contribution in [0.3, 0.4) is 0 Å². The molecule has 1 aromatic carbocycles. The van der Waals surface area contributed by atoms with Crippen LogP contribution in [-0.4, -0.2) is 20.2 Å². The normalized spacial score (nSPS) is 11.2. The Labute approximate surface area is 115 Å². The molecule has 4 aromatic rings. The van der Waals surface area contributed by atoms with Crippen LogP contribution in [0.15, 0.2) is 48.9 Å². The van der Waals surface area contributed by atoms with Gasteiger partial charge in [-0.3, -0.25) is 5.10 Å². The molecule has 5 heteroatoms. The topological polar surface area (TPSA) is 69.4 Å². The van der Waals surface area contributed by atoms with Crippen LogP contribution < -0.4 is 5.32 Å². The van der Waals surface area contributed by atoms with Gasteiger partial charge in [0.15, 0.2) is 0 Å². The molecule has 3 heterocycles. The van der Waals surface area contributed by atoms with Crippen LogP contribution in [0.2, 0.25) is 0 Å². The zero-order chi connectivity index (χ0) is 13.4. The summed E-state index contributed by atoms with van der Waals surface area (Å²) in [5.74, 6) is 0. The molecule has 0 aliphatic heterocycles. The third-order valence-corrected chi connectivity index (χ3v) is 3.46. The molecule has 0 fully saturated rings. The fourth-order valence-corrected chi connectivity index (χ4v) is 2.40. The summed E-state index contributed by atoms with van der Waals surface area (Å²) < 4.78 is 0. The first kappa shape index (κ1) is 11.0. The van der Waals surface area contributed by atoms with Gasteiger partial charge in [0.05, 0.1) is 11.7 Å². The Morgan fingerprint density at radius 1 is 1.20 bits per heavy atom. The Morgan fingerprint density at radius 3 is 3.20 bits per heavy atom. The minimum absolute atomic E-state index is 0.755. The molecule has 4 rings (SSSR count). The molecular weight excluding hydrogens is 250 g/mol. The van der Waals surface area contributed by atoms with E-state index in [0.29, 0.717) is 0 Å². The lowest BCUT2D eigenvalue weighted by atomic mass is 10.2. The Hall–Kier alpha value is -2.82. The van der Waals surface area contributed by atoms with E-state index < -0.39 is 0 Å². The Balaban J connectivity index is 1.60. The van der Waals surface area contributed by atoms with E-state index >= 15 is 0 Å². The van der Waals surface area contributed by atoms with E-state index in [0.717, 1.165) is 34.2 Å². The van der Waals surface area contributed by atoms with Gasteiger partial charge in [-0.1, -0.05) is 0 Å². The number of hydrogen-bond donors (Lipinski definition) is 3. The molecule has 0 bridgehead atoms. The maximum absolute atomic E-state index is 4.29. The molecule has 0 radical (unpaired) electrons. The smallest absolute Gasteiger partial charge is 0.137 e. The lowest BCUT2D eigenvalue weighted by Crippen LogP contribution is -1.98. The maximum atomic E-state index is 4.29. The molecule has 0 aliphatic rings. The molecule has 3 aromatic heterocycles. The number of nitrogens with one attached hydrogen (secondary N) is 3. The number of hydrogen-bond acceptors (Lipinski definition) is 3. The lowest BCUT2D eigenvalue weighted by Gasteiger charge is -2.05. The van der Waals surface area contributed by atoms with Gasteiger partial charge in [0.1, 0.15) is 5.65 Å². The van der Waals surface area contributed by atoms with Crippen molar-refractivity contribution in [2.45, 2.75) is 6.54 Å². The number of anilines is 1. The molecule has 5 nitrogen and oxygen atoms in total. The highest BCUT2D eigenvalue weighted by Gasteiger charge is 2.04. The summed E-state index contributed by atoms with van der Waals surface area (Å²) in [6.07, 6.45) is 5.62. The Bertz CT molecular complexity index is 874. The van der Waals surface area contributed by atoms with Gasteiger partial charge >= 0.3 is 0 Å². The summed E-state index contributed by atoms with van der Waals surface area (Å²) in [6, 6.07) is 10.2. The van der Waals surface area contributed by atoms with Crippen LogP contribution in [0, 0.1) is 0 Å². The van der Waals surface area contributed by atoms with Crippen LogP contribution in [0.1, 0.15) is 5.56 Å². The van der Waals surface area contributed by atoms with Crippen molar-refractivity contribution in [1.82, 2.24) is 20.2 Å². The average Bonchev–Trinajstić information content (AvgIpc) is 3.11. The van der Waals surface area contributed by atoms with Crippen molar-refractivity contribution in [2.75, 3.05) is 5.32 Å². The van der Waals surface area contributed by atoms with Crippen molar-refractivity contribution in [3.63, 3.8) is 0 Å². The summed E-state index contributed by atoms with van der Waals surface area (Å²) in [5.41, 5.74) is 4.24. The fraction of sp³-hybridized carbons (Fsp3) is 0.0667. The summed E-state index contributed by atoms with van der Waals surface area (Å²) in [4.78, 5) is 7.48. The van der Waals surface area contributed by atoms with Gasteiger partial charge in [-0.25, -0.2) is 4.98 Å². The Morgan fingerprint density at radius 2 is 2.20 bits per heavy atom. The monoisotopic (exact) mass is 263 g/mol. The number of aromatic amines is 2. The van der Waals surface area contributed by atoms with Gasteiger partial charge < -0.3 is 10.3 Å². The fourth-order valence-electron chi connectivity index (χ4n) is 2.40. The minimum atomic E-state index is 0.755. The molecule has 0 saturated heterocycles. The number of fused-ring (bicyclic) bond motifs is 2. The summed E-state index contributed by atoms with van der Waals surface area (Å²) in [6.45, 7) is 0.755. The van der Waals surface area contributed by atoms with Crippen LogP contribution in [-0.2, 0) is 6.54 Å². The minimum Gasteiger partial charge on any atom is -0.381 e. The lowest BCUT2D eigenvalue weighted by molar-refractivity contribution is 1.12. The number of rotatable bonds is 3. The van der Waals surface area contributed by atoms with Crippen molar-refractivity contribution in [2.24, 2.45) is 0 Å². The van der Waals surface area contributed by atoms with Crippen molar-refractivity contribution < 1.29 is 0 Å². The quantitative estimate of drug-likeness (QED) is 0.532. The van der Waals surface area contributed by atoms with Crippen molar-refractivity contribution in [3.8, 4) is 0 Å². The largest absolute Gasteiger partial charge is 0.381 e. The molecule has 0 aliphatic carbocycles. The first-order valence-corrected chi connectivity index (χ1v) is 6.48. The van der Waals surface area contributed by atoms with Gasteiger partial charge in [-0.15, -0.1) is 0 Å². The van der Waals surface area contributed by atoms with E-state index in [9.17, 15) is 0 Å². The summed E-state index contributed by atoms with van der Waals surface area (Å²) >= 11 is 0. The molecule has 20 heavy (non-hydrogen) atoms.